The van der Waals surface area contributed by atoms with Gasteiger partial charge in [0.05, 0.1) is 23.9 Å². The van der Waals surface area contributed by atoms with Crippen LogP contribution >= 0.6 is 11.3 Å². The lowest BCUT2D eigenvalue weighted by Gasteiger charge is -2.15. The number of fused-ring (bicyclic) bond motifs is 1. The Bertz CT molecular complexity index is 1080. The molecule has 7 heteroatoms. The van der Waals surface area contributed by atoms with Crippen molar-refractivity contribution < 1.29 is 19.4 Å². The second-order valence-corrected chi connectivity index (χ2v) is 7.45. The Labute approximate surface area is 166 Å². The first-order valence-corrected chi connectivity index (χ1v) is 9.78. The Morgan fingerprint density at radius 1 is 1.21 bits per heavy atom. The number of aromatic nitrogens is 1. The van der Waals surface area contributed by atoms with Gasteiger partial charge in [-0.15, -0.1) is 0 Å². The van der Waals surface area contributed by atoms with E-state index in [4.69, 9.17) is 4.74 Å². The molecule has 1 unspecified atom stereocenters. The van der Waals surface area contributed by atoms with Crippen LogP contribution in [0.1, 0.15) is 40.9 Å². The lowest BCUT2D eigenvalue weighted by molar-refractivity contribution is -0.144. The highest BCUT2D eigenvalue weighted by atomic mass is 32.1. The number of amides is 1. The number of benzene rings is 2. The highest BCUT2D eigenvalue weighted by Gasteiger charge is 2.23. The number of ether oxygens (including phenoxy) is 1. The molecule has 0 aliphatic rings. The average molecular weight is 398 g/mol. The molecule has 1 aromatic heterocycles. The second-order valence-electron chi connectivity index (χ2n) is 6.45. The van der Waals surface area contributed by atoms with Crippen molar-refractivity contribution in [1.29, 1.82) is 0 Å². The summed E-state index contributed by atoms with van der Waals surface area (Å²) in [6, 6.07) is 12.1. The number of aliphatic hydroxyl groups is 1. The van der Waals surface area contributed by atoms with Crippen molar-refractivity contribution in [3.05, 3.63) is 64.0 Å². The van der Waals surface area contributed by atoms with Gasteiger partial charge in [0, 0.05) is 5.56 Å². The number of aryl methyl sites for hydroxylation is 1. The van der Waals surface area contributed by atoms with Crippen LogP contribution in [0.5, 0.6) is 0 Å². The smallest absolute Gasteiger partial charge is 0.328 e. The van der Waals surface area contributed by atoms with Crippen LogP contribution in [0.3, 0.4) is 0 Å². The summed E-state index contributed by atoms with van der Waals surface area (Å²) in [6.07, 6.45) is 0.492. The Balaban J connectivity index is 2.21. The summed E-state index contributed by atoms with van der Waals surface area (Å²) in [4.78, 5) is 29.8. The minimum atomic E-state index is -0.594. The van der Waals surface area contributed by atoms with Crippen LogP contribution in [-0.2, 0) is 16.1 Å². The fraction of sp³-hybridized carbons (Fsp3) is 0.286. The van der Waals surface area contributed by atoms with Crippen molar-refractivity contribution in [2.24, 2.45) is 4.99 Å². The van der Waals surface area contributed by atoms with Crippen molar-refractivity contribution in [1.82, 2.24) is 4.57 Å². The number of aliphatic hydroxyl groups excluding tert-OH is 1. The standard InChI is InChI=1S/C21H22N2O4S/c1-4-16(20(26)27-3)23-17-10-7-14(12-24)11-18(17)28-21(23)22-19(25)15-8-5-13(2)6-9-15/h5-11,16,24H,4,12H2,1-3H3. The zero-order valence-electron chi connectivity index (χ0n) is 16.0. The molecule has 1 amide bonds. The maximum absolute atomic E-state index is 12.7. The Morgan fingerprint density at radius 2 is 1.93 bits per heavy atom. The summed E-state index contributed by atoms with van der Waals surface area (Å²) in [5.41, 5.74) is 3.07. The highest BCUT2D eigenvalue weighted by molar-refractivity contribution is 7.16. The minimum absolute atomic E-state index is 0.0865. The normalized spacial score (nSPS) is 12.9. The zero-order chi connectivity index (χ0) is 20.3. The van der Waals surface area contributed by atoms with E-state index in [1.807, 2.05) is 38.1 Å². The summed E-state index contributed by atoms with van der Waals surface area (Å²) in [7, 11) is 1.35. The molecule has 0 aliphatic carbocycles. The van der Waals surface area contributed by atoms with Gasteiger partial charge in [-0.05, 0) is 43.2 Å². The minimum Gasteiger partial charge on any atom is -0.467 e. The van der Waals surface area contributed by atoms with Crippen LogP contribution in [0, 0.1) is 6.92 Å². The molecule has 0 spiro atoms. The fourth-order valence-corrected chi connectivity index (χ4v) is 4.13. The van der Waals surface area contributed by atoms with Gasteiger partial charge in [0.25, 0.3) is 5.91 Å². The van der Waals surface area contributed by atoms with Crippen molar-refractivity contribution in [2.75, 3.05) is 7.11 Å². The van der Waals surface area contributed by atoms with Crippen molar-refractivity contribution >= 4 is 33.4 Å². The third-order valence-electron chi connectivity index (χ3n) is 4.54. The van der Waals surface area contributed by atoms with Crippen molar-refractivity contribution in [3.8, 4) is 0 Å². The lowest BCUT2D eigenvalue weighted by Crippen LogP contribution is -2.28. The largest absolute Gasteiger partial charge is 0.467 e. The predicted octanol–water partition coefficient (Wildman–Crippen LogP) is 3.37. The van der Waals surface area contributed by atoms with E-state index in [0.29, 0.717) is 16.8 Å². The maximum atomic E-state index is 12.7. The van der Waals surface area contributed by atoms with E-state index < -0.39 is 12.0 Å². The molecule has 146 valence electrons. The first kappa shape index (κ1) is 20.0. The molecule has 3 rings (SSSR count). The topological polar surface area (TPSA) is 80.9 Å². The number of hydrogen-bond donors (Lipinski definition) is 1. The third kappa shape index (κ3) is 3.90. The molecule has 3 aromatic rings. The monoisotopic (exact) mass is 398 g/mol. The SMILES string of the molecule is CCC(C(=O)OC)n1c(=NC(=O)c2ccc(C)cc2)sc2cc(CO)ccc21. The van der Waals surface area contributed by atoms with E-state index in [9.17, 15) is 14.7 Å². The number of methoxy groups -OCH3 is 1. The number of rotatable bonds is 5. The predicted molar refractivity (Wildman–Crippen MR) is 108 cm³/mol. The Morgan fingerprint density at radius 3 is 2.54 bits per heavy atom. The van der Waals surface area contributed by atoms with Crippen LogP contribution in [-0.4, -0.2) is 28.7 Å². The van der Waals surface area contributed by atoms with Crippen LogP contribution < -0.4 is 4.80 Å². The summed E-state index contributed by atoms with van der Waals surface area (Å²) in [5.74, 6) is -0.764. The molecular formula is C21H22N2O4S. The fourth-order valence-electron chi connectivity index (χ4n) is 3.00. The molecule has 28 heavy (non-hydrogen) atoms. The van der Waals surface area contributed by atoms with Gasteiger partial charge in [0.15, 0.2) is 4.80 Å². The summed E-state index contributed by atoms with van der Waals surface area (Å²) in [5, 5.41) is 9.42. The van der Waals surface area contributed by atoms with Gasteiger partial charge in [-0.1, -0.05) is 42.0 Å². The lowest BCUT2D eigenvalue weighted by atomic mass is 10.1. The van der Waals surface area contributed by atoms with Gasteiger partial charge in [-0.2, -0.15) is 4.99 Å². The molecule has 2 aromatic carbocycles. The van der Waals surface area contributed by atoms with E-state index in [1.165, 1.54) is 18.4 Å². The first-order chi connectivity index (χ1) is 13.5. The highest BCUT2D eigenvalue weighted by Crippen LogP contribution is 2.25. The first-order valence-electron chi connectivity index (χ1n) is 8.96. The Kier molecular flexibility index (Phi) is 6.06. The second kappa shape index (κ2) is 8.50. The molecule has 1 N–H and O–H groups in total. The average Bonchev–Trinajstić information content (AvgIpc) is 3.05. The van der Waals surface area contributed by atoms with E-state index in [-0.39, 0.29) is 12.5 Å². The van der Waals surface area contributed by atoms with Crippen LogP contribution in [0.25, 0.3) is 10.2 Å². The summed E-state index contributed by atoms with van der Waals surface area (Å²) >= 11 is 1.31. The number of carbonyl (C=O) groups excluding carboxylic acids is 2. The molecular weight excluding hydrogens is 376 g/mol. The van der Waals surface area contributed by atoms with Crippen LogP contribution in [0.4, 0.5) is 0 Å². The van der Waals surface area contributed by atoms with E-state index in [0.717, 1.165) is 21.3 Å². The molecule has 0 saturated carbocycles. The molecule has 1 atom stereocenters. The Hall–Kier alpha value is -2.77. The van der Waals surface area contributed by atoms with E-state index in [1.54, 1.807) is 22.8 Å². The summed E-state index contributed by atoms with van der Waals surface area (Å²) in [6.45, 7) is 3.74. The molecule has 0 bridgehead atoms. The molecule has 0 aliphatic heterocycles. The number of esters is 1. The van der Waals surface area contributed by atoms with Gasteiger partial charge >= 0.3 is 5.97 Å². The molecule has 0 saturated heterocycles. The van der Waals surface area contributed by atoms with Crippen molar-refractivity contribution in [2.45, 2.75) is 32.9 Å². The number of nitrogens with zero attached hydrogens (tertiary/aromatic N) is 2. The number of hydrogen-bond acceptors (Lipinski definition) is 5. The van der Waals surface area contributed by atoms with Crippen LogP contribution in [0.2, 0.25) is 0 Å². The van der Waals surface area contributed by atoms with Gasteiger partial charge in [-0.25, -0.2) is 4.79 Å². The van der Waals surface area contributed by atoms with E-state index in [2.05, 4.69) is 4.99 Å². The van der Waals surface area contributed by atoms with Crippen molar-refractivity contribution in [3.63, 3.8) is 0 Å². The van der Waals surface area contributed by atoms with Gasteiger partial charge in [-0.3, -0.25) is 4.79 Å². The number of thiazole rings is 1. The zero-order valence-corrected chi connectivity index (χ0v) is 16.8. The number of carbonyl (C=O) groups is 2. The third-order valence-corrected chi connectivity index (χ3v) is 5.56. The van der Waals surface area contributed by atoms with E-state index >= 15 is 0 Å². The van der Waals surface area contributed by atoms with Gasteiger partial charge < -0.3 is 14.4 Å². The molecule has 6 nitrogen and oxygen atoms in total. The van der Waals surface area contributed by atoms with Gasteiger partial charge in [0.1, 0.15) is 6.04 Å². The summed E-state index contributed by atoms with van der Waals surface area (Å²) < 4.78 is 7.54. The molecule has 0 fully saturated rings. The van der Waals surface area contributed by atoms with Gasteiger partial charge in [0.2, 0.25) is 0 Å². The molecule has 0 radical (unpaired) electrons. The molecule has 1 heterocycles. The van der Waals surface area contributed by atoms with Crippen LogP contribution in [0.15, 0.2) is 47.5 Å². The quantitative estimate of drug-likeness (QED) is 0.668. The maximum Gasteiger partial charge on any atom is 0.328 e.